The summed E-state index contributed by atoms with van der Waals surface area (Å²) in [5.74, 6) is -2.09. The lowest BCUT2D eigenvalue weighted by Crippen LogP contribution is -2.66. The van der Waals surface area contributed by atoms with Gasteiger partial charge in [-0.2, -0.15) is 0 Å². The molecular formula is C33H29F2N3O4. The highest BCUT2D eigenvalue weighted by molar-refractivity contribution is 5.97. The number of fused-ring (bicyclic) bond motifs is 4. The van der Waals surface area contributed by atoms with Gasteiger partial charge in [0.15, 0.2) is 23.1 Å². The number of carbonyl (C=O) groups is 1. The summed E-state index contributed by atoms with van der Waals surface area (Å²) < 4.78 is 43.2. The predicted octanol–water partition coefficient (Wildman–Crippen LogP) is 5.55. The third-order valence-electron chi connectivity index (χ3n) is 8.40. The minimum absolute atomic E-state index is 0.0312. The van der Waals surface area contributed by atoms with E-state index in [1.807, 2.05) is 70.6 Å². The molecule has 0 radical (unpaired) electrons. The molecule has 0 saturated heterocycles. The largest absolute Gasteiger partial charge is 0.493 e. The van der Waals surface area contributed by atoms with Crippen LogP contribution in [0.25, 0.3) is 0 Å². The summed E-state index contributed by atoms with van der Waals surface area (Å²) >= 11 is 0. The average Bonchev–Trinajstić information content (AvgIpc) is 2.97. The number of hydrogen-bond acceptors (Lipinski definition) is 5. The van der Waals surface area contributed by atoms with Crippen molar-refractivity contribution in [1.82, 2.24) is 9.58 Å². The molecule has 0 bridgehead atoms. The topological polar surface area (TPSA) is 64.0 Å². The highest BCUT2D eigenvalue weighted by atomic mass is 19.2. The normalized spacial score (nSPS) is 19.9. The molecule has 0 N–H and O–H groups in total. The number of hydrogen-bond donors (Lipinski definition) is 0. The van der Waals surface area contributed by atoms with E-state index >= 15 is 0 Å². The van der Waals surface area contributed by atoms with Crippen LogP contribution in [-0.2, 0) is 6.61 Å². The molecule has 2 aliphatic heterocycles. The van der Waals surface area contributed by atoms with Gasteiger partial charge in [-0.3, -0.25) is 19.3 Å². The maximum absolute atomic E-state index is 14.9. The van der Waals surface area contributed by atoms with Crippen molar-refractivity contribution in [2.75, 3.05) is 11.6 Å². The maximum atomic E-state index is 14.9. The Balaban J connectivity index is 1.46. The van der Waals surface area contributed by atoms with Crippen molar-refractivity contribution in [2.24, 2.45) is 0 Å². The van der Waals surface area contributed by atoms with E-state index < -0.39 is 29.3 Å². The summed E-state index contributed by atoms with van der Waals surface area (Å²) in [7, 11) is 0. The van der Waals surface area contributed by atoms with Crippen LogP contribution in [-0.4, -0.2) is 34.3 Å². The van der Waals surface area contributed by atoms with Crippen molar-refractivity contribution < 1.29 is 23.0 Å². The second kappa shape index (κ2) is 10.6. The number of benzene rings is 3. The molecule has 0 spiro atoms. The lowest BCUT2D eigenvalue weighted by Gasteiger charge is -2.54. The molecule has 3 aliphatic rings. The number of ether oxygens (including phenoxy) is 2. The van der Waals surface area contributed by atoms with E-state index in [2.05, 4.69) is 0 Å². The van der Waals surface area contributed by atoms with E-state index in [-0.39, 0.29) is 42.4 Å². The molecule has 3 heterocycles. The lowest BCUT2D eigenvalue weighted by atomic mass is 9.89. The minimum Gasteiger partial charge on any atom is -0.493 e. The van der Waals surface area contributed by atoms with Crippen LogP contribution in [0.2, 0.25) is 0 Å². The average molecular weight is 570 g/mol. The highest BCUT2D eigenvalue weighted by Crippen LogP contribution is 2.43. The van der Waals surface area contributed by atoms with Gasteiger partial charge in [0, 0.05) is 36.4 Å². The molecule has 1 aromatic heterocycles. The number of amides is 1. The summed E-state index contributed by atoms with van der Waals surface area (Å²) in [6.45, 7) is 0.292. The van der Waals surface area contributed by atoms with Crippen LogP contribution in [0.1, 0.15) is 58.9 Å². The molecule has 1 fully saturated rings. The molecule has 42 heavy (non-hydrogen) atoms. The van der Waals surface area contributed by atoms with Gasteiger partial charge in [0.2, 0.25) is 5.43 Å². The van der Waals surface area contributed by atoms with Gasteiger partial charge < -0.3 is 14.4 Å². The summed E-state index contributed by atoms with van der Waals surface area (Å²) in [6.07, 6.45) is 4.17. The summed E-state index contributed by atoms with van der Waals surface area (Å²) in [5.41, 5.74) is 1.78. The molecule has 3 aromatic carbocycles. The SMILES string of the molecule is O=C1c2c(OCc3ccccc3)c(=O)ccn2N2C(c3ccccc3)c3cc(F)c(F)cc3OCC[C@H]2N1C1CCC1. The quantitative estimate of drug-likeness (QED) is 0.316. The maximum Gasteiger partial charge on any atom is 0.278 e. The van der Waals surface area contributed by atoms with E-state index in [4.69, 9.17) is 9.47 Å². The van der Waals surface area contributed by atoms with Gasteiger partial charge in [-0.1, -0.05) is 60.7 Å². The van der Waals surface area contributed by atoms with Crippen molar-refractivity contribution in [3.8, 4) is 11.5 Å². The third-order valence-corrected chi connectivity index (χ3v) is 8.40. The van der Waals surface area contributed by atoms with Gasteiger partial charge >= 0.3 is 0 Å². The summed E-state index contributed by atoms with van der Waals surface area (Å²) in [4.78, 5) is 29.5. The Labute approximate surface area is 241 Å². The van der Waals surface area contributed by atoms with Gasteiger partial charge in [0.25, 0.3) is 5.91 Å². The smallest absolute Gasteiger partial charge is 0.278 e. The molecule has 2 atom stereocenters. The van der Waals surface area contributed by atoms with Gasteiger partial charge in [0.1, 0.15) is 24.6 Å². The van der Waals surface area contributed by atoms with Crippen LogP contribution in [0.5, 0.6) is 11.5 Å². The summed E-state index contributed by atoms with van der Waals surface area (Å²) in [6, 6.07) is 21.8. The van der Waals surface area contributed by atoms with E-state index in [0.717, 1.165) is 36.5 Å². The zero-order chi connectivity index (χ0) is 28.8. The first-order valence-electron chi connectivity index (χ1n) is 14.2. The molecule has 1 amide bonds. The lowest BCUT2D eigenvalue weighted by molar-refractivity contribution is 0.0210. The molecule has 4 aromatic rings. The Hall–Kier alpha value is -4.66. The monoisotopic (exact) mass is 569 g/mol. The molecule has 214 valence electrons. The second-order valence-electron chi connectivity index (χ2n) is 10.9. The first-order valence-corrected chi connectivity index (χ1v) is 14.2. The van der Waals surface area contributed by atoms with E-state index in [0.29, 0.717) is 12.0 Å². The molecular weight excluding hydrogens is 540 g/mol. The van der Waals surface area contributed by atoms with Crippen LogP contribution in [0.3, 0.4) is 0 Å². The number of nitrogens with zero attached hydrogens (tertiary/aromatic N) is 3. The van der Waals surface area contributed by atoms with Crippen LogP contribution in [0.4, 0.5) is 8.78 Å². The Morgan fingerprint density at radius 1 is 0.881 bits per heavy atom. The van der Waals surface area contributed by atoms with Gasteiger partial charge in [-0.05, 0) is 36.5 Å². The first kappa shape index (κ1) is 26.3. The van der Waals surface area contributed by atoms with Crippen molar-refractivity contribution in [3.05, 3.63) is 129 Å². The number of carbonyl (C=O) groups excluding carboxylic acids is 1. The first-order chi connectivity index (χ1) is 20.5. The van der Waals surface area contributed by atoms with Crippen LogP contribution in [0, 0.1) is 11.6 Å². The fourth-order valence-electron chi connectivity index (χ4n) is 6.20. The van der Waals surface area contributed by atoms with Gasteiger partial charge in [0.05, 0.1) is 6.61 Å². The Bertz CT molecular complexity index is 1690. The van der Waals surface area contributed by atoms with Crippen molar-refractivity contribution in [2.45, 2.75) is 50.5 Å². The molecule has 9 heteroatoms. The molecule has 1 saturated carbocycles. The zero-order valence-corrected chi connectivity index (χ0v) is 22.8. The van der Waals surface area contributed by atoms with Crippen LogP contribution in [0.15, 0.2) is 89.9 Å². The standard InChI is InChI=1S/C33H29F2N3O4/c34-25-18-24-28(19-26(25)35)41-17-15-29-37(23-12-7-13-23)33(40)31-32(42-20-21-8-3-1-4-9-21)27(39)14-16-36(31)38(29)30(24)22-10-5-2-6-11-22/h1-6,8-11,14,16,18-19,23,29-30H,7,12-13,15,17,20H2/t29-,30?/m0/s1. The van der Waals surface area contributed by atoms with E-state index in [9.17, 15) is 18.4 Å². The third kappa shape index (κ3) is 4.40. The summed E-state index contributed by atoms with van der Waals surface area (Å²) in [5, 5.41) is 2.00. The number of rotatable bonds is 5. The van der Waals surface area contributed by atoms with Gasteiger partial charge in [-0.15, -0.1) is 0 Å². The fraction of sp³-hybridized carbons (Fsp3) is 0.273. The zero-order valence-electron chi connectivity index (χ0n) is 22.8. The molecule has 7 nitrogen and oxygen atoms in total. The highest BCUT2D eigenvalue weighted by Gasteiger charge is 2.48. The van der Waals surface area contributed by atoms with E-state index in [1.54, 1.807) is 10.9 Å². The predicted molar refractivity (Wildman–Crippen MR) is 152 cm³/mol. The Morgan fingerprint density at radius 3 is 2.31 bits per heavy atom. The fourth-order valence-corrected chi connectivity index (χ4v) is 6.20. The Kier molecular flexibility index (Phi) is 6.64. The molecule has 7 rings (SSSR count). The Morgan fingerprint density at radius 2 is 1.60 bits per heavy atom. The van der Waals surface area contributed by atoms with Gasteiger partial charge in [-0.25, -0.2) is 8.78 Å². The number of pyridine rings is 1. The van der Waals surface area contributed by atoms with Crippen LogP contribution < -0.4 is 19.9 Å². The minimum atomic E-state index is -0.997. The second-order valence-corrected chi connectivity index (χ2v) is 10.9. The van der Waals surface area contributed by atoms with E-state index in [1.165, 1.54) is 12.1 Å². The van der Waals surface area contributed by atoms with Crippen molar-refractivity contribution >= 4 is 5.91 Å². The number of aromatic nitrogens is 1. The molecule has 1 aliphatic carbocycles. The van der Waals surface area contributed by atoms with Crippen LogP contribution >= 0.6 is 0 Å². The molecule has 1 unspecified atom stereocenters. The van der Waals surface area contributed by atoms with Crippen molar-refractivity contribution in [1.29, 1.82) is 0 Å². The van der Waals surface area contributed by atoms with Crippen molar-refractivity contribution in [3.63, 3.8) is 0 Å². The number of halogens is 2.